The van der Waals surface area contributed by atoms with Gasteiger partial charge in [0.05, 0.1) is 11.4 Å². The van der Waals surface area contributed by atoms with Crippen molar-refractivity contribution >= 4 is 84.6 Å². The summed E-state index contributed by atoms with van der Waals surface area (Å²) in [6.07, 6.45) is 0. The Hall–Kier alpha value is -6.98. The zero-order chi connectivity index (χ0) is 38.2. The molecular formula is C54H32N2S2. The van der Waals surface area contributed by atoms with Gasteiger partial charge in [-0.05, 0) is 62.0 Å². The van der Waals surface area contributed by atoms with Crippen molar-refractivity contribution in [1.82, 2.24) is 9.97 Å². The van der Waals surface area contributed by atoms with Gasteiger partial charge in [0.25, 0.3) is 0 Å². The number of nitrogens with zero attached hydrogens (tertiary/aromatic N) is 2. The highest BCUT2D eigenvalue weighted by atomic mass is 32.1. The van der Waals surface area contributed by atoms with Crippen molar-refractivity contribution in [3.8, 4) is 56.2 Å². The second-order valence-corrected chi connectivity index (χ2v) is 16.9. The number of thiophene rings is 2. The number of benzene rings is 9. The quantitative estimate of drug-likeness (QED) is 0.174. The topological polar surface area (TPSA) is 25.8 Å². The molecule has 12 rings (SSSR count). The number of rotatable bonds is 5. The molecule has 0 aliphatic carbocycles. The van der Waals surface area contributed by atoms with E-state index in [1.807, 2.05) is 22.7 Å². The first kappa shape index (κ1) is 33.2. The normalized spacial score (nSPS) is 11.8. The van der Waals surface area contributed by atoms with Crippen molar-refractivity contribution in [3.63, 3.8) is 0 Å². The number of aromatic nitrogens is 2. The van der Waals surface area contributed by atoms with Crippen LogP contribution in [0, 0.1) is 0 Å². The molecule has 270 valence electrons. The standard InChI is InChI=1S/C54H32N2S2/c1-2-14-33(15-3-1)35-30-31-39(38-19-7-6-18-37(35)38)42-29-28-34-16-4-5-17-36(34)51(42)54-55-47(45-24-12-22-43-40-20-8-10-26-49(40)57-52(43)45)32-48(56-54)46-25-13-23-44-41-21-9-11-27-50(41)58-53(44)46/h1-32H. The molecule has 0 fully saturated rings. The highest BCUT2D eigenvalue weighted by Crippen LogP contribution is 2.46. The Bertz CT molecular complexity index is 3450. The molecule has 12 aromatic rings. The molecule has 0 aliphatic heterocycles. The summed E-state index contributed by atoms with van der Waals surface area (Å²) in [5, 5.41) is 9.74. The van der Waals surface area contributed by atoms with Gasteiger partial charge in [0, 0.05) is 57.0 Å². The summed E-state index contributed by atoms with van der Waals surface area (Å²) >= 11 is 3.67. The molecule has 3 heterocycles. The number of hydrogen-bond acceptors (Lipinski definition) is 4. The second-order valence-electron chi connectivity index (χ2n) is 14.8. The molecule has 0 N–H and O–H groups in total. The van der Waals surface area contributed by atoms with Crippen molar-refractivity contribution < 1.29 is 0 Å². The lowest BCUT2D eigenvalue weighted by atomic mass is 9.88. The van der Waals surface area contributed by atoms with E-state index in [4.69, 9.17) is 9.97 Å². The van der Waals surface area contributed by atoms with E-state index in [1.54, 1.807) is 0 Å². The third-order valence-corrected chi connectivity index (χ3v) is 14.0. The molecule has 2 nitrogen and oxygen atoms in total. The minimum atomic E-state index is 0.715. The zero-order valence-electron chi connectivity index (χ0n) is 31.2. The summed E-state index contributed by atoms with van der Waals surface area (Å²) in [6.45, 7) is 0. The van der Waals surface area contributed by atoms with E-state index in [2.05, 4.69) is 194 Å². The molecule has 0 saturated heterocycles. The summed E-state index contributed by atoms with van der Waals surface area (Å²) in [5.74, 6) is 0.715. The van der Waals surface area contributed by atoms with Gasteiger partial charge in [0.2, 0.25) is 0 Å². The van der Waals surface area contributed by atoms with Crippen LogP contribution in [0.1, 0.15) is 0 Å². The van der Waals surface area contributed by atoms with Gasteiger partial charge in [0.1, 0.15) is 0 Å². The molecule has 9 aromatic carbocycles. The lowest BCUT2D eigenvalue weighted by molar-refractivity contribution is 1.19. The molecule has 0 atom stereocenters. The Morgan fingerprint density at radius 2 is 0.793 bits per heavy atom. The minimum Gasteiger partial charge on any atom is -0.228 e. The Morgan fingerprint density at radius 3 is 1.43 bits per heavy atom. The van der Waals surface area contributed by atoms with Crippen LogP contribution in [0.3, 0.4) is 0 Å². The molecular weight excluding hydrogens is 741 g/mol. The molecule has 3 aromatic heterocycles. The molecule has 0 bridgehead atoms. The average Bonchev–Trinajstić information content (AvgIpc) is 3.87. The second kappa shape index (κ2) is 13.3. The van der Waals surface area contributed by atoms with Crippen molar-refractivity contribution in [1.29, 1.82) is 0 Å². The minimum absolute atomic E-state index is 0.715. The first-order chi connectivity index (χ1) is 28.8. The van der Waals surface area contributed by atoms with E-state index < -0.39 is 0 Å². The van der Waals surface area contributed by atoms with Crippen LogP contribution < -0.4 is 0 Å². The maximum Gasteiger partial charge on any atom is 0.161 e. The summed E-state index contributed by atoms with van der Waals surface area (Å²) in [7, 11) is 0. The van der Waals surface area contributed by atoms with Gasteiger partial charge in [-0.15, -0.1) is 22.7 Å². The fourth-order valence-electron chi connectivity index (χ4n) is 8.87. The first-order valence-corrected chi connectivity index (χ1v) is 21.2. The van der Waals surface area contributed by atoms with Gasteiger partial charge in [-0.3, -0.25) is 0 Å². The molecule has 0 radical (unpaired) electrons. The lowest BCUT2D eigenvalue weighted by Crippen LogP contribution is -1.99. The van der Waals surface area contributed by atoms with E-state index >= 15 is 0 Å². The summed E-state index contributed by atoms with van der Waals surface area (Å²) in [4.78, 5) is 11.2. The van der Waals surface area contributed by atoms with E-state index in [-0.39, 0.29) is 0 Å². The third kappa shape index (κ3) is 5.23. The van der Waals surface area contributed by atoms with E-state index in [1.165, 1.54) is 62.2 Å². The first-order valence-electron chi connectivity index (χ1n) is 19.6. The van der Waals surface area contributed by atoms with Crippen molar-refractivity contribution in [2.45, 2.75) is 0 Å². The monoisotopic (exact) mass is 772 g/mol. The lowest BCUT2D eigenvalue weighted by Gasteiger charge is -2.18. The van der Waals surface area contributed by atoms with Crippen LogP contribution in [0.25, 0.3) is 118 Å². The highest BCUT2D eigenvalue weighted by molar-refractivity contribution is 7.26. The van der Waals surface area contributed by atoms with E-state index in [0.717, 1.165) is 50.0 Å². The predicted molar refractivity (Wildman–Crippen MR) is 250 cm³/mol. The Labute approximate surface area is 343 Å². The maximum absolute atomic E-state index is 5.62. The summed E-state index contributed by atoms with van der Waals surface area (Å²) in [5.41, 5.74) is 9.79. The molecule has 0 amide bonds. The Morgan fingerprint density at radius 1 is 0.310 bits per heavy atom. The molecule has 0 spiro atoms. The highest BCUT2D eigenvalue weighted by Gasteiger charge is 2.22. The smallest absolute Gasteiger partial charge is 0.161 e. The van der Waals surface area contributed by atoms with Crippen LogP contribution in [0.2, 0.25) is 0 Å². The molecule has 0 unspecified atom stereocenters. The number of hydrogen-bond donors (Lipinski definition) is 0. The molecule has 0 aliphatic rings. The van der Waals surface area contributed by atoms with Crippen molar-refractivity contribution in [3.05, 3.63) is 194 Å². The van der Waals surface area contributed by atoms with Gasteiger partial charge < -0.3 is 0 Å². The van der Waals surface area contributed by atoms with E-state index in [0.29, 0.717) is 5.82 Å². The summed E-state index contributed by atoms with van der Waals surface area (Å²) < 4.78 is 5.02. The largest absolute Gasteiger partial charge is 0.228 e. The van der Waals surface area contributed by atoms with Crippen LogP contribution in [-0.2, 0) is 0 Å². The molecule has 4 heteroatoms. The van der Waals surface area contributed by atoms with Gasteiger partial charge in [-0.1, -0.05) is 176 Å². The van der Waals surface area contributed by atoms with Gasteiger partial charge in [-0.25, -0.2) is 9.97 Å². The Kier molecular flexibility index (Phi) is 7.62. The van der Waals surface area contributed by atoms with Gasteiger partial charge >= 0.3 is 0 Å². The maximum atomic E-state index is 5.62. The van der Waals surface area contributed by atoms with Crippen LogP contribution >= 0.6 is 22.7 Å². The van der Waals surface area contributed by atoms with E-state index in [9.17, 15) is 0 Å². The van der Waals surface area contributed by atoms with Gasteiger partial charge in [0.15, 0.2) is 5.82 Å². The SMILES string of the molecule is c1ccc(-c2ccc(-c3ccc4ccccc4c3-c3nc(-c4cccc5c4sc4ccccc45)cc(-c4cccc5c4sc4ccccc45)n3)c3ccccc23)cc1. The van der Waals surface area contributed by atoms with Crippen molar-refractivity contribution in [2.24, 2.45) is 0 Å². The van der Waals surface area contributed by atoms with Gasteiger partial charge in [-0.2, -0.15) is 0 Å². The Balaban J connectivity index is 1.18. The van der Waals surface area contributed by atoms with Crippen LogP contribution in [0.15, 0.2) is 194 Å². The average molecular weight is 773 g/mol. The van der Waals surface area contributed by atoms with Crippen LogP contribution in [-0.4, -0.2) is 9.97 Å². The fourth-order valence-corrected chi connectivity index (χ4v) is 11.3. The summed E-state index contributed by atoms with van der Waals surface area (Å²) in [6, 6.07) is 70.1. The number of fused-ring (bicyclic) bond motifs is 8. The molecule has 0 saturated carbocycles. The van der Waals surface area contributed by atoms with Crippen molar-refractivity contribution in [2.75, 3.05) is 0 Å². The third-order valence-electron chi connectivity index (χ3n) is 11.5. The van der Waals surface area contributed by atoms with Crippen LogP contribution in [0.5, 0.6) is 0 Å². The van der Waals surface area contributed by atoms with Crippen LogP contribution in [0.4, 0.5) is 0 Å². The predicted octanol–water partition coefficient (Wildman–Crippen LogP) is 15.9. The zero-order valence-corrected chi connectivity index (χ0v) is 32.8. The fraction of sp³-hybridized carbons (Fsp3) is 0. The molecule has 58 heavy (non-hydrogen) atoms.